The van der Waals surface area contributed by atoms with E-state index in [2.05, 4.69) is 256 Å². The van der Waals surface area contributed by atoms with Crippen LogP contribution < -0.4 is 54.1 Å². The molecule has 69 heavy (non-hydrogen) atoms. The summed E-state index contributed by atoms with van der Waals surface area (Å²) in [5.74, 6) is 0. The van der Waals surface area contributed by atoms with Crippen molar-refractivity contribution in [1.29, 1.82) is 0 Å². The molecule has 0 N–H and O–H groups in total. The lowest BCUT2D eigenvalue weighted by atomic mass is 9.26. The fraction of sp³-hybridized carbons (Fsp3) is 0.250. The first-order valence-electron chi connectivity index (χ1n) is 25.4. The Labute approximate surface area is 412 Å². The lowest BCUT2D eigenvalue weighted by Gasteiger charge is -2.50. The first kappa shape index (κ1) is 43.8. The zero-order valence-corrected chi connectivity index (χ0v) is 42.7. The van der Waals surface area contributed by atoms with Crippen molar-refractivity contribution in [2.75, 3.05) is 4.90 Å². The molecular formula is C64H63B3N2. The highest BCUT2D eigenvalue weighted by Crippen LogP contribution is 2.43. The average Bonchev–Trinajstić information content (AvgIpc) is 3.64. The fourth-order valence-electron chi connectivity index (χ4n) is 12.2. The van der Waals surface area contributed by atoms with Crippen LogP contribution in [0.3, 0.4) is 0 Å². The molecule has 8 aromatic carbocycles. The molecule has 0 saturated heterocycles. The number of hydrogen-bond acceptors (Lipinski definition) is 1. The smallest absolute Gasteiger partial charge is 0.246 e. The molecular weight excluding hydrogens is 829 g/mol. The van der Waals surface area contributed by atoms with E-state index in [0.29, 0.717) is 0 Å². The monoisotopic (exact) mass is 893 g/mol. The van der Waals surface area contributed by atoms with Gasteiger partial charge in [-0.3, -0.25) is 0 Å². The molecule has 0 radical (unpaired) electrons. The summed E-state index contributed by atoms with van der Waals surface area (Å²) in [4.78, 5) is 2.76. The van der Waals surface area contributed by atoms with Gasteiger partial charge < -0.3 is 9.47 Å². The van der Waals surface area contributed by atoms with Gasteiger partial charge in [-0.05, 0) is 113 Å². The summed E-state index contributed by atoms with van der Waals surface area (Å²) in [5.41, 5.74) is 25.4. The fourth-order valence-corrected chi connectivity index (χ4v) is 12.2. The molecule has 0 aliphatic carbocycles. The third kappa shape index (κ3) is 6.77. The summed E-state index contributed by atoms with van der Waals surface area (Å²) in [6, 6.07) is 64.3. The zero-order chi connectivity index (χ0) is 48.1. The summed E-state index contributed by atoms with van der Waals surface area (Å²) in [7, 11) is 0. The Kier molecular flexibility index (Phi) is 9.54. The molecule has 1 aromatic heterocycles. The Bertz CT molecular complexity index is 3330. The van der Waals surface area contributed by atoms with Crippen molar-refractivity contribution < 1.29 is 0 Å². The second-order valence-corrected chi connectivity index (χ2v) is 24.6. The average molecular weight is 893 g/mol. The van der Waals surface area contributed by atoms with Gasteiger partial charge in [-0.25, -0.2) is 0 Å². The quantitative estimate of drug-likeness (QED) is 0.160. The van der Waals surface area contributed by atoms with Gasteiger partial charge in [0.2, 0.25) is 20.1 Å². The SMILES string of the molecule is CC(C)(C)c1cc2c3c(c1)B(c1ccccc1)c1cc(C(C)(C)C)cc4c1N3c1c(cc(-n3c5ccc(C(C)(C)C)cc5c5cc(C(C)(C)C)ccc53)cc1B4c1ccccc1)B2c1ccccc1. The second kappa shape index (κ2) is 15.0. The van der Waals surface area contributed by atoms with Crippen LogP contribution in [0, 0.1) is 0 Å². The van der Waals surface area contributed by atoms with Crippen molar-refractivity contribution in [2.24, 2.45) is 0 Å². The number of anilines is 3. The van der Waals surface area contributed by atoms with Crippen molar-refractivity contribution in [3.05, 3.63) is 186 Å². The number of hydrogen-bond donors (Lipinski definition) is 0. The number of aromatic nitrogens is 1. The van der Waals surface area contributed by atoms with E-state index < -0.39 is 0 Å². The predicted molar refractivity (Wildman–Crippen MR) is 304 cm³/mol. The molecule has 0 fully saturated rings. The van der Waals surface area contributed by atoms with Gasteiger partial charge in [0, 0.05) is 33.5 Å². The van der Waals surface area contributed by atoms with E-state index in [-0.39, 0.29) is 41.8 Å². The highest BCUT2D eigenvalue weighted by Gasteiger charge is 2.50. The van der Waals surface area contributed by atoms with Crippen LogP contribution in [0.1, 0.15) is 105 Å². The van der Waals surface area contributed by atoms with Crippen molar-refractivity contribution in [1.82, 2.24) is 4.57 Å². The topological polar surface area (TPSA) is 8.17 Å². The number of rotatable bonds is 4. The number of fused-ring (bicyclic) bond motifs is 3. The van der Waals surface area contributed by atoms with Crippen LogP contribution in [0.5, 0.6) is 0 Å². The van der Waals surface area contributed by atoms with E-state index in [1.807, 2.05) is 0 Å². The molecule has 9 aromatic rings. The number of nitrogens with zero attached hydrogens (tertiary/aromatic N) is 2. The summed E-state index contributed by atoms with van der Waals surface area (Å²) in [6.45, 7) is 28.4. The molecule has 12 rings (SSSR count). The van der Waals surface area contributed by atoms with Gasteiger partial charge in [0.1, 0.15) is 0 Å². The maximum atomic E-state index is 2.76. The lowest BCUT2D eigenvalue weighted by Crippen LogP contribution is -2.71. The Hall–Kier alpha value is -6.45. The molecule has 0 bridgehead atoms. The van der Waals surface area contributed by atoms with Crippen LogP contribution >= 0.6 is 0 Å². The van der Waals surface area contributed by atoms with Gasteiger partial charge in [0.25, 0.3) is 0 Å². The minimum atomic E-state index is -0.0823. The summed E-state index contributed by atoms with van der Waals surface area (Å²) < 4.78 is 2.60. The molecule has 4 heterocycles. The highest BCUT2D eigenvalue weighted by atomic mass is 15.2. The lowest BCUT2D eigenvalue weighted by molar-refractivity contribution is 0.590. The van der Waals surface area contributed by atoms with Crippen LogP contribution in [0.2, 0.25) is 0 Å². The van der Waals surface area contributed by atoms with Crippen LogP contribution in [-0.2, 0) is 21.7 Å². The molecule has 3 aliphatic rings. The van der Waals surface area contributed by atoms with E-state index in [1.54, 1.807) is 0 Å². The standard InChI is InChI=1S/C64H63B3N2/c1-61(2,3)40-28-30-56-48(32-40)49-33-41(62(4,5)6)29-31-57(49)68(56)47-38-54-60-55(39-47)67(46-26-20-15-21-27-46)53-37-43(64(10,11)12)35-51-59(53)69(60)58-50(65(51)44-22-16-13-17-23-44)34-42(63(7,8)9)36-52(58)66(54)45-24-18-14-19-25-45/h13-39H,1-12H3. The molecule has 3 aliphatic heterocycles. The third-order valence-electron chi connectivity index (χ3n) is 15.9. The zero-order valence-electron chi connectivity index (χ0n) is 42.7. The molecule has 0 unspecified atom stereocenters. The van der Waals surface area contributed by atoms with Crippen molar-refractivity contribution >= 4 is 108 Å². The molecule has 338 valence electrons. The summed E-state index contributed by atoms with van der Waals surface area (Å²) >= 11 is 0. The summed E-state index contributed by atoms with van der Waals surface area (Å²) in [6.07, 6.45) is 0. The molecule has 0 saturated carbocycles. The minimum absolute atomic E-state index is 0.00919. The second-order valence-electron chi connectivity index (χ2n) is 24.6. The summed E-state index contributed by atoms with van der Waals surface area (Å²) in [5, 5.41) is 2.62. The van der Waals surface area contributed by atoms with Crippen LogP contribution in [0.15, 0.2) is 164 Å². The maximum absolute atomic E-state index is 2.76. The third-order valence-corrected chi connectivity index (χ3v) is 15.9. The first-order chi connectivity index (χ1) is 32.8. The predicted octanol–water partition coefficient (Wildman–Crippen LogP) is 9.93. The number of benzene rings is 8. The van der Waals surface area contributed by atoms with E-state index in [4.69, 9.17) is 0 Å². The van der Waals surface area contributed by atoms with Crippen LogP contribution in [0.4, 0.5) is 17.1 Å². The van der Waals surface area contributed by atoms with Crippen molar-refractivity contribution in [3.8, 4) is 5.69 Å². The van der Waals surface area contributed by atoms with E-state index in [9.17, 15) is 0 Å². The Morgan fingerprint density at radius 3 is 0.884 bits per heavy atom. The molecule has 5 heteroatoms. The van der Waals surface area contributed by atoms with Crippen LogP contribution in [-0.4, -0.2) is 24.7 Å². The molecule has 0 spiro atoms. The Morgan fingerprint density at radius 2 is 0.594 bits per heavy atom. The molecule has 2 nitrogen and oxygen atoms in total. The van der Waals surface area contributed by atoms with Crippen molar-refractivity contribution in [3.63, 3.8) is 0 Å². The van der Waals surface area contributed by atoms with Gasteiger partial charge in [0.15, 0.2) is 0 Å². The minimum Gasteiger partial charge on any atom is -0.314 e. The highest BCUT2D eigenvalue weighted by molar-refractivity contribution is 7.06. The van der Waals surface area contributed by atoms with E-state index in [0.717, 1.165) is 0 Å². The van der Waals surface area contributed by atoms with Gasteiger partial charge in [-0.15, -0.1) is 0 Å². The normalized spacial score (nSPS) is 14.3. The Morgan fingerprint density at radius 1 is 0.304 bits per heavy atom. The van der Waals surface area contributed by atoms with Gasteiger partial charge >= 0.3 is 0 Å². The Balaban J connectivity index is 1.27. The van der Waals surface area contributed by atoms with Gasteiger partial charge in [0.05, 0.1) is 11.0 Å². The van der Waals surface area contributed by atoms with Crippen LogP contribution in [0.25, 0.3) is 27.5 Å². The van der Waals surface area contributed by atoms with E-state index >= 15 is 0 Å². The molecule has 0 amide bonds. The van der Waals surface area contributed by atoms with Gasteiger partial charge in [-0.1, -0.05) is 227 Å². The maximum Gasteiger partial charge on any atom is 0.246 e. The first-order valence-corrected chi connectivity index (χ1v) is 25.4. The largest absolute Gasteiger partial charge is 0.314 e. The van der Waals surface area contributed by atoms with E-state index in [1.165, 1.54) is 116 Å². The molecule has 0 atom stereocenters. The van der Waals surface area contributed by atoms with Crippen molar-refractivity contribution in [2.45, 2.75) is 105 Å². The van der Waals surface area contributed by atoms with Gasteiger partial charge in [-0.2, -0.15) is 0 Å².